The van der Waals surface area contributed by atoms with Crippen LogP contribution in [0.1, 0.15) is 12.5 Å². The van der Waals surface area contributed by atoms with Crippen LogP contribution in [0.2, 0.25) is 0 Å². The maximum atomic E-state index is 12.9. The minimum atomic E-state index is -0.388. The van der Waals surface area contributed by atoms with E-state index in [4.69, 9.17) is 0 Å². The van der Waals surface area contributed by atoms with E-state index in [0.717, 1.165) is 17.7 Å². The standard InChI is InChI=1S/C22H27FN4O3/c1-4-16-7-5-6-8-19(16)25-21(29)14-27(3)22(30)15-26(2)13-20(28)24-18-11-9-17(23)10-12-18/h5-12H,4,13-15H2,1-3H3,(H,24,28)(H,25,29). The molecule has 2 aromatic rings. The van der Waals surface area contributed by atoms with E-state index in [0.29, 0.717) is 5.69 Å². The number of hydrogen-bond donors (Lipinski definition) is 2. The summed E-state index contributed by atoms with van der Waals surface area (Å²) in [5, 5.41) is 5.46. The first kappa shape index (κ1) is 23.0. The van der Waals surface area contributed by atoms with Gasteiger partial charge in [0.05, 0.1) is 19.6 Å². The number of nitrogens with zero attached hydrogens (tertiary/aromatic N) is 2. The highest BCUT2D eigenvalue weighted by Gasteiger charge is 2.17. The minimum absolute atomic E-state index is 0.0208. The van der Waals surface area contributed by atoms with Crippen molar-refractivity contribution in [3.63, 3.8) is 0 Å². The highest BCUT2D eigenvalue weighted by atomic mass is 19.1. The predicted molar refractivity (Wildman–Crippen MR) is 115 cm³/mol. The Hall–Kier alpha value is -3.26. The van der Waals surface area contributed by atoms with Crippen LogP contribution in [0, 0.1) is 5.82 Å². The number of aryl methyl sites for hydroxylation is 1. The molecule has 7 nitrogen and oxygen atoms in total. The van der Waals surface area contributed by atoms with Gasteiger partial charge >= 0.3 is 0 Å². The Kier molecular flexibility index (Phi) is 8.49. The summed E-state index contributed by atoms with van der Waals surface area (Å²) in [5.74, 6) is -1.29. The normalized spacial score (nSPS) is 10.6. The van der Waals surface area contributed by atoms with Crippen molar-refractivity contribution >= 4 is 29.1 Å². The van der Waals surface area contributed by atoms with Crippen molar-refractivity contribution in [2.45, 2.75) is 13.3 Å². The van der Waals surface area contributed by atoms with Gasteiger partial charge in [-0.1, -0.05) is 25.1 Å². The van der Waals surface area contributed by atoms with Crippen LogP contribution in [0.15, 0.2) is 48.5 Å². The average molecular weight is 414 g/mol. The van der Waals surface area contributed by atoms with E-state index >= 15 is 0 Å². The number of rotatable bonds is 9. The van der Waals surface area contributed by atoms with Crippen LogP contribution < -0.4 is 10.6 Å². The van der Waals surface area contributed by atoms with Gasteiger partial charge in [-0.25, -0.2) is 4.39 Å². The fourth-order valence-electron chi connectivity index (χ4n) is 2.83. The first-order valence-corrected chi connectivity index (χ1v) is 9.64. The second kappa shape index (κ2) is 11.1. The lowest BCUT2D eigenvalue weighted by molar-refractivity contribution is -0.134. The summed E-state index contributed by atoms with van der Waals surface area (Å²) in [4.78, 5) is 39.6. The number of anilines is 2. The lowest BCUT2D eigenvalue weighted by Gasteiger charge is -2.21. The van der Waals surface area contributed by atoms with Crippen LogP contribution in [0.25, 0.3) is 0 Å². The van der Waals surface area contributed by atoms with Gasteiger partial charge in [0, 0.05) is 18.4 Å². The Morgan fingerprint density at radius 1 is 0.867 bits per heavy atom. The van der Waals surface area contributed by atoms with Crippen LogP contribution in [-0.2, 0) is 20.8 Å². The Morgan fingerprint density at radius 3 is 2.17 bits per heavy atom. The second-order valence-electron chi connectivity index (χ2n) is 7.04. The van der Waals surface area contributed by atoms with Crippen LogP contribution in [0.5, 0.6) is 0 Å². The van der Waals surface area contributed by atoms with E-state index in [1.165, 1.54) is 29.2 Å². The molecule has 160 valence electrons. The average Bonchev–Trinajstić information content (AvgIpc) is 2.69. The lowest BCUT2D eigenvalue weighted by Crippen LogP contribution is -2.42. The lowest BCUT2D eigenvalue weighted by atomic mass is 10.1. The summed E-state index contributed by atoms with van der Waals surface area (Å²) in [6.07, 6.45) is 0.788. The van der Waals surface area contributed by atoms with Crippen molar-refractivity contribution in [1.82, 2.24) is 9.80 Å². The highest BCUT2D eigenvalue weighted by molar-refractivity contribution is 5.95. The number of benzene rings is 2. The van der Waals surface area contributed by atoms with E-state index in [1.54, 1.807) is 19.0 Å². The van der Waals surface area contributed by atoms with Crippen molar-refractivity contribution in [2.24, 2.45) is 0 Å². The van der Waals surface area contributed by atoms with Gasteiger partial charge in [0.15, 0.2) is 0 Å². The Balaban J connectivity index is 1.79. The molecule has 0 saturated carbocycles. The summed E-state index contributed by atoms with van der Waals surface area (Å²) in [6, 6.07) is 12.9. The van der Waals surface area contributed by atoms with E-state index < -0.39 is 0 Å². The molecule has 0 aliphatic rings. The monoisotopic (exact) mass is 414 g/mol. The molecule has 0 saturated heterocycles. The van der Waals surface area contributed by atoms with E-state index in [9.17, 15) is 18.8 Å². The Morgan fingerprint density at radius 2 is 1.50 bits per heavy atom. The van der Waals surface area contributed by atoms with Crippen molar-refractivity contribution in [1.29, 1.82) is 0 Å². The molecule has 0 aliphatic heterocycles. The van der Waals surface area contributed by atoms with Gasteiger partial charge in [-0.3, -0.25) is 19.3 Å². The molecule has 30 heavy (non-hydrogen) atoms. The third kappa shape index (κ3) is 7.29. The summed E-state index contributed by atoms with van der Waals surface area (Å²) >= 11 is 0. The first-order chi connectivity index (χ1) is 14.3. The number of para-hydroxylation sites is 1. The molecule has 0 radical (unpaired) electrons. The van der Waals surface area contributed by atoms with Gasteiger partial charge in [-0.2, -0.15) is 0 Å². The SMILES string of the molecule is CCc1ccccc1NC(=O)CN(C)C(=O)CN(C)CC(=O)Nc1ccc(F)cc1. The number of carbonyl (C=O) groups is 3. The maximum absolute atomic E-state index is 12.9. The molecular weight excluding hydrogens is 387 g/mol. The predicted octanol–water partition coefficient (Wildman–Crippen LogP) is 2.36. The highest BCUT2D eigenvalue weighted by Crippen LogP contribution is 2.15. The third-order valence-corrected chi connectivity index (χ3v) is 4.43. The van der Waals surface area contributed by atoms with Crippen LogP contribution >= 0.6 is 0 Å². The van der Waals surface area contributed by atoms with Crippen molar-refractivity contribution in [2.75, 3.05) is 44.4 Å². The van der Waals surface area contributed by atoms with Crippen LogP contribution in [0.4, 0.5) is 15.8 Å². The molecule has 0 unspecified atom stereocenters. The summed E-state index contributed by atoms with van der Waals surface area (Å²) in [5.41, 5.74) is 2.23. The molecule has 2 N–H and O–H groups in total. The number of likely N-dealkylation sites (N-methyl/N-ethyl adjacent to an activating group) is 2. The Bertz CT molecular complexity index is 886. The summed E-state index contributed by atoms with van der Waals surface area (Å²) in [6.45, 7) is 1.87. The zero-order chi connectivity index (χ0) is 22.1. The molecule has 0 heterocycles. The maximum Gasteiger partial charge on any atom is 0.243 e. The zero-order valence-electron chi connectivity index (χ0n) is 17.4. The largest absolute Gasteiger partial charge is 0.335 e. The molecular formula is C22H27FN4O3. The molecule has 0 aliphatic carbocycles. The fourth-order valence-corrected chi connectivity index (χ4v) is 2.83. The minimum Gasteiger partial charge on any atom is -0.335 e. The fraction of sp³-hybridized carbons (Fsp3) is 0.318. The van der Waals surface area contributed by atoms with E-state index in [2.05, 4.69) is 10.6 Å². The zero-order valence-corrected chi connectivity index (χ0v) is 17.4. The number of carbonyl (C=O) groups excluding carboxylic acids is 3. The van der Waals surface area contributed by atoms with Crippen molar-refractivity contribution in [3.8, 4) is 0 Å². The second-order valence-corrected chi connectivity index (χ2v) is 7.04. The van der Waals surface area contributed by atoms with Gasteiger partial charge in [0.2, 0.25) is 17.7 Å². The quantitative estimate of drug-likeness (QED) is 0.660. The molecule has 2 aromatic carbocycles. The molecule has 0 atom stereocenters. The van der Waals surface area contributed by atoms with Gasteiger partial charge in [0.1, 0.15) is 5.82 Å². The Labute approximate surface area is 175 Å². The van der Waals surface area contributed by atoms with Gasteiger partial charge in [0.25, 0.3) is 0 Å². The smallest absolute Gasteiger partial charge is 0.243 e. The molecule has 0 aromatic heterocycles. The van der Waals surface area contributed by atoms with Crippen molar-refractivity contribution in [3.05, 3.63) is 59.9 Å². The molecule has 0 spiro atoms. The topological polar surface area (TPSA) is 81.8 Å². The summed E-state index contributed by atoms with van der Waals surface area (Å²) in [7, 11) is 3.17. The van der Waals surface area contributed by atoms with Crippen LogP contribution in [-0.4, -0.2) is 61.3 Å². The van der Waals surface area contributed by atoms with Gasteiger partial charge in [-0.15, -0.1) is 0 Å². The number of nitrogens with one attached hydrogen (secondary N) is 2. The summed E-state index contributed by atoms with van der Waals surface area (Å²) < 4.78 is 12.9. The molecule has 8 heteroatoms. The number of amides is 3. The number of halogens is 1. The third-order valence-electron chi connectivity index (χ3n) is 4.43. The van der Waals surface area contributed by atoms with Crippen LogP contribution in [0.3, 0.4) is 0 Å². The van der Waals surface area contributed by atoms with Gasteiger partial charge < -0.3 is 15.5 Å². The van der Waals surface area contributed by atoms with E-state index in [1.807, 2.05) is 31.2 Å². The molecule has 0 fully saturated rings. The van der Waals surface area contributed by atoms with E-state index in [-0.39, 0.29) is 43.2 Å². The molecule has 2 rings (SSSR count). The van der Waals surface area contributed by atoms with Crippen molar-refractivity contribution < 1.29 is 18.8 Å². The number of hydrogen-bond acceptors (Lipinski definition) is 4. The van der Waals surface area contributed by atoms with Gasteiger partial charge in [-0.05, 0) is 49.4 Å². The molecule has 0 bridgehead atoms. The first-order valence-electron chi connectivity index (χ1n) is 9.64. The molecule has 3 amide bonds.